The normalized spacial score (nSPS) is 13.6. The fraction of sp³-hybridized carbons (Fsp3) is 0.562. The van der Waals surface area contributed by atoms with Crippen molar-refractivity contribution in [3.8, 4) is 11.1 Å². The molecule has 0 unspecified atom stereocenters. The van der Waals surface area contributed by atoms with E-state index in [1.165, 1.54) is 16.7 Å². The predicted molar refractivity (Wildman–Crippen MR) is 156 cm³/mol. The minimum absolute atomic E-state index is 0.178. The molecule has 0 heterocycles. The molecule has 0 radical (unpaired) electrons. The number of unbranched alkanes of at least 4 members (excludes halogenated alkanes) is 1. The number of aryl methyl sites for hydroxylation is 1. The fourth-order valence-electron chi connectivity index (χ4n) is 4.30. The SMILES string of the molecule is CCCC[C@@H](C[C@@H](CCc1cccc(-c2ccccc2)c1)C(=O)OCC[Si](C)(C)C)C(=O)OC(C)(C)C. The lowest BCUT2D eigenvalue weighted by Crippen LogP contribution is -2.32. The zero-order valence-corrected chi connectivity index (χ0v) is 25.1. The second kappa shape index (κ2) is 14.5. The van der Waals surface area contributed by atoms with Crippen LogP contribution < -0.4 is 0 Å². The molecule has 204 valence electrons. The Bertz CT molecular complexity index is 972. The molecule has 2 aromatic rings. The highest BCUT2D eigenvalue weighted by Gasteiger charge is 2.31. The molecular formula is C32H48O4Si. The third-order valence-corrected chi connectivity index (χ3v) is 8.16. The summed E-state index contributed by atoms with van der Waals surface area (Å²) in [6, 6.07) is 19.8. The molecule has 0 aromatic heterocycles. The van der Waals surface area contributed by atoms with Crippen molar-refractivity contribution in [3.05, 3.63) is 60.2 Å². The molecule has 2 atom stereocenters. The number of ether oxygens (including phenoxy) is 2. The molecule has 0 saturated carbocycles. The van der Waals surface area contributed by atoms with Crippen LogP contribution >= 0.6 is 0 Å². The Hall–Kier alpha value is -2.40. The van der Waals surface area contributed by atoms with E-state index in [1.54, 1.807) is 0 Å². The minimum Gasteiger partial charge on any atom is -0.466 e. The monoisotopic (exact) mass is 524 g/mol. The third kappa shape index (κ3) is 12.1. The Kier molecular flexibility index (Phi) is 12.1. The van der Waals surface area contributed by atoms with Crippen LogP contribution in [0.2, 0.25) is 25.7 Å². The number of hydrogen-bond donors (Lipinski definition) is 0. The summed E-state index contributed by atoms with van der Waals surface area (Å²) in [5.74, 6) is -1.02. The number of esters is 2. The number of benzene rings is 2. The van der Waals surface area contributed by atoms with E-state index in [9.17, 15) is 9.59 Å². The van der Waals surface area contributed by atoms with Crippen molar-refractivity contribution in [1.82, 2.24) is 0 Å². The summed E-state index contributed by atoms with van der Waals surface area (Å²) in [4.78, 5) is 26.4. The van der Waals surface area contributed by atoms with Gasteiger partial charge in [0.1, 0.15) is 5.60 Å². The molecule has 5 heteroatoms. The number of hydrogen-bond acceptors (Lipinski definition) is 4. The van der Waals surface area contributed by atoms with Crippen LogP contribution in [-0.2, 0) is 25.5 Å². The van der Waals surface area contributed by atoms with Gasteiger partial charge in [0.15, 0.2) is 0 Å². The minimum atomic E-state index is -1.31. The zero-order chi connectivity index (χ0) is 27.5. The number of rotatable bonds is 14. The largest absolute Gasteiger partial charge is 0.466 e. The molecule has 0 aliphatic rings. The summed E-state index contributed by atoms with van der Waals surface area (Å²) in [6.07, 6.45) is 4.53. The molecule has 4 nitrogen and oxygen atoms in total. The van der Waals surface area contributed by atoms with Gasteiger partial charge in [-0.05, 0) is 69.2 Å². The number of carbonyl (C=O) groups excluding carboxylic acids is 2. The van der Waals surface area contributed by atoms with Crippen LogP contribution in [0.15, 0.2) is 54.6 Å². The summed E-state index contributed by atoms with van der Waals surface area (Å²) in [5, 5.41) is 0. The Morgan fingerprint density at radius 3 is 2.14 bits per heavy atom. The molecule has 2 rings (SSSR count). The van der Waals surface area contributed by atoms with E-state index in [1.807, 2.05) is 39.0 Å². The smallest absolute Gasteiger partial charge is 0.309 e. The number of carbonyl (C=O) groups is 2. The summed E-state index contributed by atoms with van der Waals surface area (Å²) in [7, 11) is -1.31. The Morgan fingerprint density at radius 1 is 0.865 bits per heavy atom. The molecule has 0 bridgehead atoms. The summed E-state index contributed by atoms with van der Waals surface area (Å²) in [5.41, 5.74) is 2.98. The average molecular weight is 525 g/mol. The van der Waals surface area contributed by atoms with E-state index in [-0.39, 0.29) is 23.8 Å². The molecule has 2 aromatic carbocycles. The van der Waals surface area contributed by atoms with Gasteiger partial charge in [0, 0.05) is 8.07 Å². The maximum Gasteiger partial charge on any atom is 0.309 e. The Labute approximate surface area is 226 Å². The van der Waals surface area contributed by atoms with Crippen LogP contribution in [0.3, 0.4) is 0 Å². The molecule has 0 amide bonds. The molecule has 0 N–H and O–H groups in total. The van der Waals surface area contributed by atoms with Crippen molar-refractivity contribution in [2.24, 2.45) is 11.8 Å². The summed E-state index contributed by atoms with van der Waals surface area (Å²) >= 11 is 0. The van der Waals surface area contributed by atoms with Gasteiger partial charge in [0.2, 0.25) is 0 Å². The second-order valence-electron chi connectivity index (χ2n) is 12.4. The van der Waals surface area contributed by atoms with Crippen molar-refractivity contribution in [3.63, 3.8) is 0 Å². The lowest BCUT2D eigenvalue weighted by Gasteiger charge is -2.26. The van der Waals surface area contributed by atoms with E-state index in [0.717, 1.165) is 31.7 Å². The molecule has 0 saturated heterocycles. The van der Waals surface area contributed by atoms with E-state index < -0.39 is 13.7 Å². The lowest BCUT2D eigenvalue weighted by molar-refractivity contribution is -0.162. The molecule has 0 aliphatic heterocycles. The quantitative estimate of drug-likeness (QED) is 0.184. The maximum absolute atomic E-state index is 13.3. The van der Waals surface area contributed by atoms with Gasteiger partial charge in [-0.3, -0.25) is 9.59 Å². The first-order valence-corrected chi connectivity index (χ1v) is 17.6. The van der Waals surface area contributed by atoms with E-state index in [4.69, 9.17) is 9.47 Å². The van der Waals surface area contributed by atoms with Crippen LogP contribution in [-0.4, -0.2) is 32.2 Å². The van der Waals surface area contributed by atoms with Crippen LogP contribution in [0.25, 0.3) is 11.1 Å². The van der Waals surface area contributed by atoms with Crippen LogP contribution in [0, 0.1) is 11.8 Å². The van der Waals surface area contributed by atoms with Gasteiger partial charge in [-0.15, -0.1) is 0 Å². The standard InChI is InChI=1S/C32H48O4Si/c1-8-9-15-28(31(34)36-32(2,3)4)24-29(30(33)35-21-22-37(5,6)7)20-19-25-14-13-18-27(23-25)26-16-11-10-12-17-26/h10-14,16-18,23,28-29H,8-9,15,19-22,24H2,1-7H3/t28-,29+/m0/s1. The first kappa shape index (κ1) is 30.8. The van der Waals surface area contributed by atoms with Gasteiger partial charge in [0.05, 0.1) is 18.4 Å². The first-order valence-electron chi connectivity index (χ1n) is 13.9. The van der Waals surface area contributed by atoms with Crippen molar-refractivity contribution < 1.29 is 19.1 Å². The van der Waals surface area contributed by atoms with Gasteiger partial charge in [0.25, 0.3) is 0 Å². The highest BCUT2D eigenvalue weighted by Crippen LogP contribution is 2.28. The fourth-order valence-corrected chi connectivity index (χ4v) is 5.01. The zero-order valence-electron chi connectivity index (χ0n) is 24.1. The van der Waals surface area contributed by atoms with Gasteiger partial charge < -0.3 is 9.47 Å². The van der Waals surface area contributed by atoms with E-state index >= 15 is 0 Å². The van der Waals surface area contributed by atoms with Crippen LogP contribution in [0.4, 0.5) is 0 Å². The Morgan fingerprint density at radius 2 is 1.51 bits per heavy atom. The summed E-state index contributed by atoms with van der Waals surface area (Å²) in [6.45, 7) is 15.1. The summed E-state index contributed by atoms with van der Waals surface area (Å²) < 4.78 is 11.5. The molecule has 0 aliphatic carbocycles. The first-order chi connectivity index (χ1) is 17.4. The lowest BCUT2D eigenvalue weighted by atomic mass is 9.86. The molecule has 37 heavy (non-hydrogen) atoms. The topological polar surface area (TPSA) is 52.6 Å². The molecular weight excluding hydrogens is 476 g/mol. The highest BCUT2D eigenvalue weighted by molar-refractivity contribution is 6.76. The maximum atomic E-state index is 13.3. The van der Waals surface area contributed by atoms with Gasteiger partial charge in [-0.1, -0.05) is 94.0 Å². The van der Waals surface area contributed by atoms with E-state index in [2.05, 4.69) is 63.0 Å². The van der Waals surface area contributed by atoms with Gasteiger partial charge in [-0.25, -0.2) is 0 Å². The van der Waals surface area contributed by atoms with Gasteiger partial charge in [-0.2, -0.15) is 0 Å². The Balaban J connectivity index is 2.19. The van der Waals surface area contributed by atoms with Crippen molar-refractivity contribution in [2.45, 2.75) is 97.5 Å². The highest BCUT2D eigenvalue weighted by atomic mass is 28.3. The predicted octanol–water partition coefficient (Wildman–Crippen LogP) is 8.32. The molecule has 0 fully saturated rings. The van der Waals surface area contributed by atoms with Crippen molar-refractivity contribution in [1.29, 1.82) is 0 Å². The van der Waals surface area contributed by atoms with Crippen LogP contribution in [0.1, 0.15) is 65.4 Å². The molecule has 0 spiro atoms. The second-order valence-corrected chi connectivity index (χ2v) is 18.0. The average Bonchev–Trinajstić information content (AvgIpc) is 2.82. The third-order valence-electron chi connectivity index (χ3n) is 6.46. The van der Waals surface area contributed by atoms with Crippen LogP contribution in [0.5, 0.6) is 0 Å². The van der Waals surface area contributed by atoms with Crippen molar-refractivity contribution in [2.75, 3.05) is 6.61 Å². The van der Waals surface area contributed by atoms with Crippen molar-refractivity contribution >= 4 is 20.0 Å². The van der Waals surface area contributed by atoms with Gasteiger partial charge >= 0.3 is 11.9 Å². The van der Waals surface area contributed by atoms with E-state index in [0.29, 0.717) is 19.4 Å².